The Kier molecular flexibility index (Phi) is 3.66. The number of nitrogen functional groups attached to an aromatic ring is 1. The largest absolute Gasteiger partial charge is 0.383 e. The molecule has 0 amide bonds. The van der Waals surface area contributed by atoms with Crippen LogP contribution in [0.5, 0.6) is 0 Å². The number of aromatic nitrogens is 2. The molecule has 2 N–H and O–H groups in total. The van der Waals surface area contributed by atoms with Gasteiger partial charge in [-0.25, -0.2) is 18.4 Å². The third-order valence-corrected chi connectivity index (χ3v) is 4.20. The van der Waals surface area contributed by atoms with E-state index in [0.717, 1.165) is 30.0 Å². The first-order valence-corrected chi connectivity index (χ1v) is 8.37. The van der Waals surface area contributed by atoms with Crippen LogP contribution >= 0.6 is 0 Å². The lowest BCUT2D eigenvalue weighted by atomic mass is 10.2. The molecule has 1 aromatic rings. The summed E-state index contributed by atoms with van der Waals surface area (Å²) >= 11 is 0. The zero-order valence-electron chi connectivity index (χ0n) is 11.5. The number of nitrogens with zero attached hydrogens (tertiary/aromatic N) is 3. The van der Waals surface area contributed by atoms with Crippen molar-refractivity contribution in [2.24, 2.45) is 0 Å². The van der Waals surface area contributed by atoms with Crippen molar-refractivity contribution >= 4 is 21.5 Å². The first-order chi connectivity index (χ1) is 8.78. The van der Waals surface area contributed by atoms with E-state index in [-0.39, 0.29) is 5.75 Å². The maximum atomic E-state index is 11.2. The van der Waals surface area contributed by atoms with Gasteiger partial charge in [0.1, 0.15) is 27.3 Å². The molecular weight excluding hydrogens is 264 g/mol. The Bertz CT molecular complexity index is 582. The van der Waals surface area contributed by atoms with E-state index in [1.165, 1.54) is 6.26 Å². The Morgan fingerprint density at radius 3 is 2.53 bits per heavy atom. The number of hydrogen-bond donors (Lipinski definition) is 1. The molecule has 0 spiro atoms. The topological polar surface area (TPSA) is 89.2 Å². The van der Waals surface area contributed by atoms with Crippen LogP contribution in [0.25, 0.3) is 0 Å². The summed E-state index contributed by atoms with van der Waals surface area (Å²) in [6, 6.07) is 0. The zero-order chi connectivity index (χ0) is 14.2. The lowest BCUT2D eigenvalue weighted by molar-refractivity contribution is 0.601. The second kappa shape index (κ2) is 4.96. The van der Waals surface area contributed by atoms with Crippen molar-refractivity contribution in [2.75, 3.05) is 36.2 Å². The highest BCUT2D eigenvalue weighted by Crippen LogP contribution is 2.39. The molecular formula is C12H20N4O2S. The van der Waals surface area contributed by atoms with Crippen LogP contribution in [0.3, 0.4) is 0 Å². The molecule has 2 rings (SSSR count). The molecule has 0 radical (unpaired) electrons. The third kappa shape index (κ3) is 3.56. The minimum absolute atomic E-state index is 0.103. The first-order valence-electron chi connectivity index (χ1n) is 6.31. The molecule has 1 aromatic heterocycles. The van der Waals surface area contributed by atoms with Gasteiger partial charge in [0, 0.05) is 31.3 Å². The standard InChI is InChI=1S/C12H20N4O2S/c1-8-10(13)14-11(9-4-5-9)15-12(8)16(2)6-7-19(3,17)18/h9H,4-7H2,1-3H3,(H2,13,14,15). The van der Waals surface area contributed by atoms with Crippen LogP contribution in [0.1, 0.15) is 30.1 Å². The molecule has 0 aromatic carbocycles. The van der Waals surface area contributed by atoms with Gasteiger partial charge in [0.2, 0.25) is 0 Å². The smallest absolute Gasteiger partial charge is 0.149 e. The van der Waals surface area contributed by atoms with Crippen molar-refractivity contribution < 1.29 is 8.42 Å². The van der Waals surface area contributed by atoms with Crippen LogP contribution in [0, 0.1) is 6.92 Å². The average Bonchev–Trinajstić information content (AvgIpc) is 3.12. The Labute approximate surface area is 114 Å². The summed E-state index contributed by atoms with van der Waals surface area (Å²) in [7, 11) is -1.15. The minimum atomic E-state index is -2.98. The lowest BCUT2D eigenvalue weighted by Crippen LogP contribution is -2.27. The highest BCUT2D eigenvalue weighted by Gasteiger charge is 2.28. The van der Waals surface area contributed by atoms with E-state index in [1.54, 1.807) is 0 Å². The van der Waals surface area contributed by atoms with Crippen molar-refractivity contribution in [2.45, 2.75) is 25.7 Å². The average molecular weight is 284 g/mol. The number of sulfone groups is 1. The van der Waals surface area contributed by atoms with Crippen molar-refractivity contribution in [3.05, 3.63) is 11.4 Å². The van der Waals surface area contributed by atoms with Gasteiger partial charge in [0.25, 0.3) is 0 Å². The monoisotopic (exact) mass is 284 g/mol. The maximum Gasteiger partial charge on any atom is 0.149 e. The summed E-state index contributed by atoms with van der Waals surface area (Å²) in [6.07, 6.45) is 3.45. The zero-order valence-corrected chi connectivity index (χ0v) is 12.4. The molecule has 6 nitrogen and oxygen atoms in total. The van der Waals surface area contributed by atoms with E-state index in [4.69, 9.17) is 5.73 Å². The molecule has 7 heteroatoms. The van der Waals surface area contributed by atoms with Gasteiger partial charge in [-0.1, -0.05) is 0 Å². The second-order valence-electron chi connectivity index (χ2n) is 5.24. The van der Waals surface area contributed by atoms with Crippen molar-refractivity contribution in [1.82, 2.24) is 9.97 Å². The molecule has 1 aliphatic rings. The SMILES string of the molecule is Cc1c(N)nc(C2CC2)nc1N(C)CCS(C)(=O)=O. The van der Waals surface area contributed by atoms with Gasteiger partial charge in [0.15, 0.2) is 0 Å². The fourth-order valence-corrected chi connectivity index (χ4v) is 2.45. The van der Waals surface area contributed by atoms with Crippen molar-refractivity contribution in [3.63, 3.8) is 0 Å². The molecule has 0 atom stereocenters. The van der Waals surface area contributed by atoms with Gasteiger partial charge in [-0.05, 0) is 19.8 Å². The molecule has 0 unspecified atom stereocenters. The number of hydrogen-bond acceptors (Lipinski definition) is 6. The highest BCUT2D eigenvalue weighted by molar-refractivity contribution is 7.90. The molecule has 0 bridgehead atoms. The summed E-state index contributed by atoms with van der Waals surface area (Å²) < 4.78 is 22.4. The van der Waals surface area contributed by atoms with Gasteiger partial charge in [-0.3, -0.25) is 0 Å². The predicted molar refractivity (Wildman–Crippen MR) is 76.1 cm³/mol. The number of anilines is 2. The van der Waals surface area contributed by atoms with Crippen LogP contribution in [-0.4, -0.2) is 44.0 Å². The summed E-state index contributed by atoms with van der Waals surface area (Å²) in [5, 5.41) is 0. The number of nitrogens with two attached hydrogens (primary N) is 1. The van der Waals surface area contributed by atoms with Crippen LogP contribution in [0.15, 0.2) is 0 Å². The molecule has 0 aliphatic heterocycles. The lowest BCUT2D eigenvalue weighted by Gasteiger charge is -2.21. The molecule has 19 heavy (non-hydrogen) atoms. The maximum absolute atomic E-state index is 11.2. The first kappa shape index (κ1) is 14.0. The van der Waals surface area contributed by atoms with Crippen LogP contribution in [-0.2, 0) is 9.84 Å². The Morgan fingerprint density at radius 2 is 2.00 bits per heavy atom. The van der Waals surface area contributed by atoms with E-state index in [2.05, 4.69) is 9.97 Å². The fourth-order valence-electron chi connectivity index (χ4n) is 1.84. The van der Waals surface area contributed by atoms with E-state index < -0.39 is 9.84 Å². The summed E-state index contributed by atoms with van der Waals surface area (Å²) in [5.74, 6) is 2.52. The van der Waals surface area contributed by atoms with Gasteiger partial charge >= 0.3 is 0 Å². The molecule has 1 aliphatic carbocycles. The number of rotatable bonds is 5. The third-order valence-electron chi connectivity index (χ3n) is 3.28. The van der Waals surface area contributed by atoms with Gasteiger partial charge in [-0.15, -0.1) is 0 Å². The fraction of sp³-hybridized carbons (Fsp3) is 0.667. The molecule has 106 valence electrons. The van der Waals surface area contributed by atoms with E-state index in [0.29, 0.717) is 18.3 Å². The van der Waals surface area contributed by atoms with E-state index >= 15 is 0 Å². The second-order valence-corrected chi connectivity index (χ2v) is 7.50. The minimum Gasteiger partial charge on any atom is -0.383 e. The molecule has 1 fully saturated rings. The predicted octanol–water partition coefficient (Wildman–Crippen LogP) is 0.725. The summed E-state index contributed by atoms with van der Waals surface area (Å²) in [5.41, 5.74) is 6.72. The Balaban J connectivity index is 2.22. The van der Waals surface area contributed by atoms with Gasteiger partial charge in [-0.2, -0.15) is 0 Å². The normalized spacial score (nSPS) is 15.5. The summed E-state index contributed by atoms with van der Waals surface area (Å²) in [6.45, 7) is 2.26. The summed E-state index contributed by atoms with van der Waals surface area (Å²) in [4.78, 5) is 10.7. The van der Waals surface area contributed by atoms with Gasteiger partial charge in [0.05, 0.1) is 5.75 Å². The van der Waals surface area contributed by atoms with Crippen LogP contribution in [0.2, 0.25) is 0 Å². The molecule has 0 saturated heterocycles. The van der Waals surface area contributed by atoms with Crippen molar-refractivity contribution in [3.8, 4) is 0 Å². The quantitative estimate of drug-likeness (QED) is 0.857. The van der Waals surface area contributed by atoms with E-state index in [1.807, 2.05) is 18.9 Å². The van der Waals surface area contributed by atoms with Gasteiger partial charge < -0.3 is 10.6 Å². The van der Waals surface area contributed by atoms with Crippen LogP contribution in [0.4, 0.5) is 11.6 Å². The van der Waals surface area contributed by atoms with Crippen LogP contribution < -0.4 is 10.6 Å². The Morgan fingerprint density at radius 1 is 1.37 bits per heavy atom. The van der Waals surface area contributed by atoms with E-state index in [9.17, 15) is 8.42 Å². The molecule has 1 saturated carbocycles. The Hall–Kier alpha value is -1.37. The van der Waals surface area contributed by atoms with Crippen molar-refractivity contribution in [1.29, 1.82) is 0 Å². The molecule has 1 heterocycles. The highest BCUT2D eigenvalue weighted by atomic mass is 32.2.